The van der Waals surface area contributed by atoms with Crippen LogP contribution in [0.15, 0.2) is 18.3 Å². The molecule has 0 unspecified atom stereocenters. The predicted molar refractivity (Wildman–Crippen MR) is 71.2 cm³/mol. The minimum Gasteiger partial charge on any atom is -0.357 e. The van der Waals surface area contributed by atoms with Gasteiger partial charge in [-0.25, -0.2) is 13.8 Å². The Labute approximate surface area is 117 Å². The summed E-state index contributed by atoms with van der Waals surface area (Å²) < 4.78 is 26.6. The van der Waals surface area contributed by atoms with Crippen molar-refractivity contribution in [1.29, 1.82) is 0 Å². The maximum absolute atomic E-state index is 13.6. The minimum absolute atomic E-state index is 0.106. The normalized spacial score (nSPS) is 10.4. The Bertz CT molecular complexity index is 599. The third kappa shape index (κ3) is 3.02. The highest BCUT2D eigenvalue weighted by atomic mass is 35.5. The number of hydrogen-bond acceptors (Lipinski definition) is 4. The number of halogens is 4. The zero-order valence-electron chi connectivity index (χ0n) is 9.64. The van der Waals surface area contributed by atoms with Gasteiger partial charge in [-0.2, -0.15) is 4.98 Å². The van der Waals surface area contributed by atoms with Crippen LogP contribution in [0.25, 0.3) is 0 Å². The monoisotopic (exact) mass is 304 g/mol. The van der Waals surface area contributed by atoms with E-state index < -0.39 is 11.6 Å². The van der Waals surface area contributed by atoms with E-state index in [-0.39, 0.29) is 21.6 Å². The van der Waals surface area contributed by atoms with Crippen molar-refractivity contribution in [2.24, 2.45) is 0 Å². The molecule has 1 aromatic heterocycles. The van der Waals surface area contributed by atoms with Crippen LogP contribution in [0, 0.1) is 11.6 Å². The largest absolute Gasteiger partial charge is 0.357 e. The van der Waals surface area contributed by atoms with Gasteiger partial charge in [0.25, 0.3) is 0 Å². The van der Waals surface area contributed by atoms with Gasteiger partial charge >= 0.3 is 0 Å². The van der Waals surface area contributed by atoms with Crippen LogP contribution in [-0.4, -0.2) is 17.0 Å². The first-order valence-corrected chi connectivity index (χ1v) is 5.88. The summed E-state index contributed by atoms with van der Waals surface area (Å²) in [5.74, 6) is -1.15. The molecule has 2 aromatic rings. The molecule has 0 bridgehead atoms. The maximum atomic E-state index is 13.6. The van der Waals surface area contributed by atoms with E-state index in [0.29, 0.717) is 12.0 Å². The van der Waals surface area contributed by atoms with E-state index in [1.54, 1.807) is 7.05 Å². The van der Waals surface area contributed by atoms with Crippen LogP contribution < -0.4 is 10.6 Å². The van der Waals surface area contributed by atoms with Gasteiger partial charge in [-0.1, -0.05) is 23.2 Å². The van der Waals surface area contributed by atoms with Gasteiger partial charge in [0.05, 0.1) is 16.9 Å². The molecule has 0 aliphatic carbocycles. The average molecular weight is 305 g/mol. The van der Waals surface area contributed by atoms with Gasteiger partial charge in [-0.3, -0.25) is 0 Å². The van der Waals surface area contributed by atoms with E-state index in [1.165, 1.54) is 6.20 Å². The lowest BCUT2D eigenvalue weighted by Crippen LogP contribution is -2.03. The van der Waals surface area contributed by atoms with Gasteiger partial charge in [-0.15, -0.1) is 0 Å². The third-order valence-electron chi connectivity index (χ3n) is 2.22. The van der Waals surface area contributed by atoms with Crippen LogP contribution in [0.4, 0.5) is 26.2 Å². The maximum Gasteiger partial charge on any atom is 0.224 e. The van der Waals surface area contributed by atoms with E-state index >= 15 is 0 Å². The van der Waals surface area contributed by atoms with Crippen molar-refractivity contribution in [2.45, 2.75) is 0 Å². The summed E-state index contributed by atoms with van der Waals surface area (Å²) in [6, 6.07) is 1.70. The number of benzene rings is 1. The Morgan fingerprint density at radius 3 is 2.53 bits per heavy atom. The van der Waals surface area contributed by atoms with Gasteiger partial charge < -0.3 is 10.6 Å². The first-order valence-electron chi connectivity index (χ1n) is 5.13. The van der Waals surface area contributed by atoms with E-state index in [9.17, 15) is 8.78 Å². The van der Waals surface area contributed by atoms with Crippen molar-refractivity contribution in [1.82, 2.24) is 9.97 Å². The molecule has 0 amide bonds. The number of aromatic nitrogens is 2. The van der Waals surface area contributed by atoms with Crippen LogP contribution in [0.3, 0.4) is 0 Å². The highest BCUT2D eigenvalue weighted by Crippen LogP contribution is 2.31. The van der Waals surface area contributed by atoms with Crippen molar-refractivity contribution in [3.63, 3.8) is 0 Å². The molecule has 0 aliphatic heterocycles. The lowest BCUT2D eigenvalue weighted by Gasteiger charge is -2.11. The lowest BCUT2D eigenvalue weighted by molar-refractivity contribution is 0.586. The average Bonchev–Trinajstić information content (AvgIpc) is 2.35. The quantitative estimate of drug-likeness (QED) is 0.904. The predicted octanol–water partition coefficient (Wildman–Crippen LogP) is 3.85. The van der Waals surface area contributed by atoms with Gasteiger partial charge in [0, 0.05) is 13.1 Å². The molecule has 2 rings (SSSR count). The van der Waals surface area contributed by atoms with Crippen molar-refractivity contribution < 1.29 is 8.78 Å². The zero-order chi connectivity index (χ0) is 14.0. The Kier molecular flexibility index (Phi) is 4.01. The Balaban J connectivity index is 2.41. The fourth-order valence-electron chi connectivity index (χ4n) is 1.36. The molecule has 19 heavy (non-hydrogen) atoms. The lowest BCUT2D eigenvalue weighted by atomic mass is 10.3. The standard InChI is InChI=1S/C11H8Cl2F2N4/c1-16-11-17-4-7(13)10(19-11)18-9-6(12)2-5(14)3-8(9)15/h2-4H,1H3,(H2,16,17,18,19). The fraction of sp³-hybridized carbons (Fsp3) is 0.0909. The molecule has 8 heteroatoms. The van der Waals surface area contributed by atoms with Crippen molar-refractivity contribution >= 4 is 40.7 Å². The molecule has 0 spiro atoms. The van der Waals surface area contributed by atoms with E-state index in [2.05, 4.69) is 20.6 Å². The number of nitrogens with zero attached hydrogens (tertiary/aromatic N) is 2. The van der Waals surface area contributed by atoms with E-state index in [0.717, 1.165) is 6.07 Å². The third-order valence-corrected chi connectivity index (χ3v) is 2.79. The molecule has 4 nitrogen and oxygen atoms in total. The molecule has 1 heterocycles. The first-order chi connectivity index (χ1) is 9.01. The van der Waals surface area contributed by atoms with E-state index in [1.807, 2.05) is 0 Å². The summed E-state index contributed by atoms with van der Waals surface area (Å²) in [6.45, 7) is 0. The highest BCUT2D eigenvalue weighted by molar-refractivity contribution is 6.34. The van der Waals surface area contributed by atoms with Crippen LogP contribution in [0.5, 0.6) is 0 Å². The number of rotatable bonds is 3. The van der Waals surface area contributed by atoms with Crippen LogP contribution in [0.2, 0.25) is 10.0 Å². The van der Waals surface area contributed by atoms with Crippen molar-refractivity contribution in [3.8, 4) is 0 Å². The summed E-state index contributed by atoms with van der Waals surface area (Å²) in [4.78, 5) is 7.88. The number of hydrogen-bond donors (Lipinski definition) is 2. The molecule has 0 aliphatic rings. The fourth-order valence-corrected chi connectivity index (χ4v) is 1.74. The summed E-state index contributed by atoms with van der Waals surface area (Å²) in [5.41, 5.74) is -0.106. The van der Waals surface area contributed by atoms with Gasteiger partial charge in [-0.05, 0) is 6.07 Å². The second-order valence-corrected chi connectivity index (χ2v) is 4.32. The van der Waals surface area contributed by atoms with Crippen LogP contribution in [0.1, 0.15) is 0 Å². The van der Waals surface area contributed by atoms with Crippen LogP contribution in [-0.2, 0) is 0 Å². The number of anilines is 3. The van der Waals surface area contributed by atoms with Crippen molar-refractivity contribution in [3.05, 3.63) is 40.0 Å². The van der Waals surface area contributed by atoms with Crippen LogP contribution >= 0.6 is 23.2 Å². The van der Waals surface area contributed by atoms with Gasteiger partial charge in [0.15, 0.2) is 11.6 Å². The second-order valence-electron chi connectivity index (χ2n) is 3.51. The molecule has 0 saturated carbocycles. The Hall–Kier alpha value is -1.66. The summed E-state index contributed by atoms with van der Waals surface area (Å²) >= 11 is 11.7. The Morgan fingerprint density at radius 1 is 1.16 bits per heavy atom. The molecule has 0 fully saturated rings. The molecule has 0 saturated heterocycles. The first kappa shape index (κ1) is 13.8. The summed E-state index contributed by atoms with van der Waals surface area (Å²) in [5, 5.41) is 5.39. The van der Waals surface area contributed by atoms with Gasteiger partial charge in [0.1, 0.15) is 10.8 Å². The number of nitrogens with one attached hydrogen (secondary N) is 2. The molecule has 0 atom stereocenters. The summed E-state index contributed by atoms with van der Waals surface area (Å²) in [7, 11) is 1.62. The molecular formula is C11H8Cl2F2N4. The van der Waals surface area contributed by atoms with E-state index in [4.69, 9.17) is 23.2 Å². The SMILES string of the molecule is CNc1ncc(Cl)c(Nc2c(F)cc(F)cc2Cl)n1. The highest BCUT2D eigenvalue weighted by Gasteiger charge is 2.13. The van der Waals surface area contributed by atoms with Gasteiger partial charge in [0.2, 0.25) is 5.95 Å². The molecule has 2 N–H and O–H groups in total. The van der Waals surface area contributed by atoms with Crippen molar-refractivity contribution in [2.75, 3.05) is 17.7 Å². The molecule has 100 valence electrons. The minimum atomic E-state index is -0.842. The molecule has 0 radical (unpaired) electrons. The molecule has 1 aromatic carbocycles. The second kappa shape index (κ2) is 5.54. The molecular weight excluding hydrogens is 297 g/mol. The summed E-state index contributed by atoms with van der Waals surface area (Å²) in [6.07, 6.45) is 1.35. The topological polar surface area (TPSA) is 49.8 Å². The zero-order valence-corrected chi connectivity index (χ0v) is 11.2. The Morgan fingerprint density at radius 2 is 1.89 bits per heavy atom. The smallest absolute Gasteiger partial charge is 0.224 e.